The van der Waals surface area contributed by atoms with Gasteiger partial charge in [-0.05, 0) is 24.6 Å². The number of fused-ring (bicyclic) bond motifs is 1. The van der Waals surface area contributed by atoms with Gasteiger partial charge in [-0.2, -0.15) is 0 Å². The van der Waals surface area contributed by atoms with Crippen molar-refractivity contribution in [3.63, 3.8) is 0 Å². The summed E-state index contributed by atoms with van der Waals surface area (Å²) < 4.78 is 5.13. The van der Waals surface area contributed by atoms with Gasteiger partial charge in [0.15, 0.2) is 0 Å². The van der Waals surface area contributed by atoms with Crippen molar-refractivity contribution in [2.75, 3.05) is 6.61 Å². The summed E-state index contributed by atoms with van der Waals surface area (Å²) in [5.41, 5.74) is 3.81. The highest BCUT2D eigenvalue weighted by Crippen LogP contribution is 2.28. The first kappa shape index (κ1) is 21.4. The highest BCUT2D eigenvalue weighted by atomic mass is 16.5. The standard InChI is InChI=1S/C23H21N3O6/c1-2-32-23(31)17(12-14-8-4-3-5-9-14)25-18(13-27)19(22(25)30)24-26-20(28)15-10-6-7-11-16(15)21(26)29/h3-11,13,17-19,24H,2,12H2,1H3. The van der Waals surface area contributed by atoms with Crippen LogP contribution in [0.25, 0.3) is 0 Å². The van der Waals surface area contributed by atoms with Crippen LogP contribution in [0, 0.1) is 0 Å². The van der Waals surface area contributed by atoms with Crippen LogP contribution in [0.15, 0.2) is 54.6 Å². The molecular formula is C23H21N3O6. The van der Waals surface area contributed by atoms with Crippen LogP contribution >= 0.6 is 0 Å². The van der Waals surface area contributed by atoms with Crippen molar-refractivity contribution in [1.82, 2.24) is 15.3 Å². The molecule has 32 heavy (non-hydrogen) atoms. The van der Waals surface area contributed by atoms with Crippen molar-refractivity contribution in [2.45, 2.75) is 31.5 Å². The minimum absolute atomic E-state index is 0.120. The zero-order valence-electron chi connectivity index (χ0n) is 17.3. The van der Waals surface area contributed by atoms with E-state index in [0.717, 1.165) is 15.5 Å². The van der Waals surface area contributed by atoms with Gasteiger partial charge in [0.1, 0.15) is 24.4 Å². The average molecular weight is 435 g/mol. The summed E-state index contributed by atoms with van der Waals surface area (Å²) in [5.74, 6) is -2.41. The smallest absolute Gasteiger partial charge is 0.329 e. The predicted octanol–water partition coefficient (Wildman–Crippen LogP) is 0.740. The molecule has 9 nitrogen and oxygen atoms in total. The first-order valence-electron chi connectivity index (χ1n) is 10.2. The first-order valence-corrected chi connectivity index (χ1v) is 10.2. The van der Waals surface area contributed by atoms with E-state index < -0.39 is 41.8 Å². The van der Waals surface area contributed by atoms with E-state index in [2.05, 4.69) is 5.43 Å². The summed E-state index contributed by atoms with van der Waals surface area (Å²) in [7, 11) is 0. The first-order chi connectivity index (χ1) is 15.5. The van der Waals surface area contributed by atoms with Gasteiger partial charge in [-0.1, -0.05) is 42.5 Å². The molecule has 4 rings (SSSR count). The predicted molar refractivity (Wildman–Crippen MR) is 111 cm³/mol. The van der Waals surface area contributed by atoms with Crippen LogP contribution in [0.4, 0.5) is 0 Å². The zero-order chi connectivity index (χ0) is 22.8. The van der Waals surface area contributed by atoms with Gasteiger partial charge >= 0.3 is 5.97 Å². The molecule has 0 spiro atoms. The number of esters is 1. The van der Waals surface area contributed by atoms with Crippen LogP contribution in [0.1, 0.15) is 33.2 Å². The van der Waals surface area contributed by atoms with Crippen molar-refractivity contribution in [1.29, 1.82) is 0 Å². The number of nitrogens with one attached hydrogen (secondary N) is 1. The zero-order valence-corrected chi connectivity index (χ0v) is 17.3. The fourth-order valence-corrected chi connectivity index (χ4v) is 3.99. The van der Waals surface area contributed by atoms with E-state index in [1.807, 2.05) is 6.07 Å². The Labute approximate surface area is 183 Å². The van der Waals surface area contributed by atoms with Gasteiger partial charge in [0.05, 0.1) is 17.7 Å². The van der Waals surface area contributed by atoms with Crippen LogP contribution in [-0.2, 0) is 25.5 Å². The lowest BCUT2D eigenvalue weighted by molar-refractivity contribution is -0.170. The Morgan fingerprint density at radius 1 is 1.03 bits per heavy atom. The van der Waals surface area contributed by atoms with E-state index in [1.165, 1.54) is 12.1 Å². The Morgan fingerprint density at radius 3 is 2.19 bits per heavy atom. The summed E-state index contributed by atoms with van der Waals surface area (Å²) >= 11 is 0. The highest BCUT2D eigenvalue weighted by Gasteiger charge is 2.54. The maximum atomic E-state index is 13.0. The van der Waals surface area contributed by atoms with Gasteiger partial charge in [0.2, 0.25) is 5.91 Å². The monoisotopic (exact) mass is 435 g/mol. The van der Waals surface area contributed by atoms with Crippen molar-refractivity contribution in [3.8, 4) is 0 Å². The maximum Gasteiger partial charge on any atom is 0.329 e. The number of ether oxygens (including phenoxy) is 1. The van der Waals surface area contributed by atoms with Crippen LogP contribution in [0.3, 0.4) is 0 Å². The number of imide groups is 1. The molecular weight excluding hydrogens is 414 g/mol. The fraction of sp³-hybridized carbons (Fsp3) is 0.261. The van der Waals surface area contributed by atoms with Gasteiger partial charge < -0.3 is 14.4 Å². The number of carbonyl (C=O) groups excluding carboxylic acids is 5. The Hall–Kier alpha value is -3.85. The number of hydrogen-bond acceptors (Lipinski definition) is 7. The number of rotatable bonds is 8. The van der Waals surface area contributed by atoms with Gasteiger partial charge in [0.25, 0.3) is 11.8 Å². The number of hydrogen-bond donors (Lipinski definition) is 1. The molecule has 1 N–H and O–H groups in total. The van der Waals surface area contributed by atoms with Gasteiger partial charge in [-0.15, -0.1) is 0 Å². The summed E-state index contributed by atoms with van der Waals surface area (Å²) in [6.07, 6.45) is 0.684. The van der Waals surface area contributed by atoms with Crippen molar-refractivity contribution in [3.05, 3.63) is 71.3 Å². The Morgan fingerprint density at radius 2 is 1.62 bits per heavy atom. The SMILES string of the molecule is CCOC(=O)C(Cc1ccccc1)N1C(=O)C(NN2C(=O)c3ccccc3C2=O)C1C=O. The van der Waals surface area contributed by atoms with E-state index >= 15 is 0 Å². The molecule has 3 atom stereocenters. The second kappa shape index (κ2) is 8.72. The summed E-state index contributed by atoms with van der Waals surface area (Å²) in [6, 6.07) is 12.1. The molecule has 2 heterocycles. The van der Waals surface area contributed by atoms with Gasteiger partial charge in [0, 0.05) is 6.42 Å². The number of benzene rings is 2. The van der Waals surface area contributed by atoms with E-state index in [9.17, 15) is 24.0 Å². The van der Waals surface area contributed by atoms with Crippen LogP contribution in [-0.4, -0.2) is 64.6 Å². The normalized spacial score (nSPS) is 20.6. The van der Waals surface area contributed by atoms with E-state index in [4.69, 9.17) is 4.74 Å². The number of amides is 3. The molecule has 0 aromatic heterocycles. The Kier molecular flexibility index (Phi) is 5.83. The van der Waals surface area contributed by atoms with Crippen molar-refractivity contribution >= 4 is 30.0 Å². The largest absolute Gasteiger partial charge is 0.464 e. The molecule has 1 fully saturated rings. The summed E-state index contributed by atoms with van der Waals surface area (Å²) in [6.45, 7) is 1.77. The Balaban J connectivity index is 1.54. The number of likely N-dealkylation sites (tertiary alicyclic amines) is 1. The molecule has 9 heteroatoms. The number of aldehydes is 1. The van der Waals surface area contributed by atoms with Crippen molar-refractivity contribution in [2.24, 2.45) is 0 Å². The van der Waals surface area contributed by atoms with E-state index in [1.54, 1.807) is 43.3 Å². The molecule has 2 aliphatic rings. The average Bonchev–Trinajstić information content (AvgIpc) is 3.05. The summed E-state index contributed by atoms with van der Waals surface area (Å²) in [4.78, 5) is 63.8. The molecule has 0 aliphatic carbocycles. The number of β-lactam (4-membered cyclic amide) rings is 1. The Bertz CT molecular complexity index is 1050. The van der Waals surface area contributed by atoms with Crippen molar-refractivity contribution < 1.29 is 28.7 Å². The molecule has 2 aromatic rings. The second-order valence-corrected chi connectivity index (χ2v) is 7.43. The molecule has 2 aliphatic heterocycles. The van der Waals surface area contributed by atoms with Crippen LogP contribution < -0.4 is 5.43 Å². The fourth-order valence-electron chi connectivity index (χ4n) is 3.99. The van der Waals surface area contributed by atoms with Crippen LogP contribution in [0.5, 0.6) is 0 Å². The lowest BCUT2D eigenvalue weighted by Gasteiger charge is -2.48. The molecule has 0 saturated carbocycles. The topological polar surface area (TPSA) is 113 Å². The molecule has 0 bridgehead atoms. The molecule has 0 radical (unpaired) electrons. The van der Waals surface area contributed by atoms with Crippen LogP contribution in [0.2, 0.25) is 0 Å². The third kappa shape index (κ3) is 3.56. The number of carbonyl (C=O) groups is 5. The minimum atomic E-state index is -1.15. The third-order valence-electron chi connectivity index (χ3n) is 5.55. The molecule has 1 saturated heterocycles. The molecule has 164 valence electrons. The minimum Gasteiger partial charge on any atom is -0.464 e. The lowest BCUT2D eigenvalue weighted by atomic mass is 9.91. The highest BCUT2D eigenvalue weighted by molar-refractivity contribution is 6.21. The quantitative estimate of drug-likeness (QED) is 0.282. The number of hydrazine groups is 1. The van der Waals surface area contributed by atoms with Gasteiger partial charge in [-0.25, -0.2) is 15.2 Å². The maximum absolute atomic E-state index is 13.0. The second-order valence-electron chi connectivity index (χ2n) is 7.43. The molecule has 3 unspecified atom stereocenters. The lowest BCUT2D eigenvalue weighted by Crippen LogP contribution is -2.76. The third-order valence-corrected chi connectivity index (χ3v) is 5.55. The molecule has 3 amide bonds. The molecule has 2 aromatic carbocycles. The number of nitrogens with zero attached hydrogens (tertiary/aromatic N) is 2. The van der Waals surface area contributed by atoms with E-state index in [0.29, 0.717) is 6.29 Å². The van der Waals surface area contributed by atoms with Gasteiger partial charge in [-0.3, -0.25) is 14.4 Å². The summed E-state index contributed by atoms with van der Waals surface area (Å²) in [5, 5.41) is 0.748. The van der Waals surface area contributed by atoms with E-state index in [-0.39, 0.29) is 24.2 Å².